The molecule has 3 rings (SSSR count). The van der Waals surface area contributed by atoms with Gasteiger partial charge in [-0.05, 0) is 0 Å². The van der Waals surface area contributed by atoms with Gasteiger partial charge in [-0.15, -0.1) is 0 Å². The molecule has 0 fully saturated rings. The van der Waals surface area contributed by atoms with Crippen molar-refractivity contribution in [1.82, 2.24) is 0 Å². The van der Waals surface area contributed by atoms with Gasteiger partial charge >= 0.3 is 133 Å². The van der Waals surface area contributed by atoms with Crippen molar-refractivity contribution in [2.45, 2.75) is 0 Å². The first-order chi connectivity index (χ1) is 10.3. The number of nitrogens with zero attached hydrogens (tertiary/aromatic N) is 2. The maximum atomic E-state index is 8.84. The van der Waals surface area contributed by atoms with E-state index in [1.807, 2.05) is 48.5 Å². The fraction of sp³-hybridized carbons (Fsp3) is 0. The van der Waals surface area contributed by atoms with Crippen LogP contribution in [0.4, 0.5) is 0 Å². The monoisotopic (exact) mass is 384 g/mol. The molecular formula is C18H10N2Te. The zero-order valence-corrected chi connectivity index (χ0v) is 13.4. The minimum atomic E-state index is -0.418. The Balaban J connectivity index is 1.92. The molecule has 0 aliphatic carbocycles. The molecule has 0 bridgehead atoms. The molecule has 0 radical (unpaired) electrons. The van der Waals surface area contributed by atoms with Gasteiger partial charge in [-0.25, -0.2) is 0 Å². The van der Waals surface area contributed by atoms with Crippen LogP contribution in [0.2, 0.25) is 0 Å². The molecular weight excluding hydrogens is 372 g/mol. The second-order valence-electron chi connectivity index (χ2n) is 4.54. The normalized spacial score (nSPS) is 9.81. The third-order valence-electron chi connectivity index (χ3n) is 3.20. The summed E-state index contributed by atoms with van der Waals surface area (Å²) in [4.78, 5) is 0. The Bertz CT molecular complexity index is 772. The quantitative estimate of drug-likeness (QED) is 0.633. The van der Waals surface area contributed by atoms with Crippen LogP contribution in [0.1, 0.15) is 11.1 Å². The summed E-state index contributed by atoms with van der Waals surface area (Å²) < 4.78 is 2.76. The third kappa shape index (κ3) is 2.91. The van der Waals surface area contributed by atoms with E-state index in [4.69, 9.17) is 10.5 Å². The van der Waals surface area contributed by atoms with E-state index in [0.29, 0.717) is 11.1 Å². The summed E-state index contributed by atoms with van der Waals surface area (Å²) in [6, 6.07) is 24.2. The van der Waals surface area contributed by atoms with E-state index in [9.17, 15) is 0 Å². The fourth-order valence-corrected chi connectivity index (χ4v) is 4.97. The van der Waals surface area contributed by atoms with Crippen LogP contribution in [0.25, 0.3) is 18.3 Å². The van der Waals surface area contributed by atoms with Crippen molar-refractivity contribution < 1.29 is 0 Å². The van der Waals surface area contributed by atoms with Crippen LogP contribution in [0.15, 0.2) is 60.7 Å². The van der Waals surface area contributed by atoms with Crippen molar-refractivity contribution in [3.05, 3.63) is 71.8 Å². The van der Waals surface area contributed by atoms with Gasteiger partial charge in [0.2, 0.25) is 0 Å². The molecule has 0 aliphatic heterocycles. The first-order valence-electron chi connectivity index (χ1n) is 6.41. The third-order valence-corrected chi connectivity index (χ3v) is 6.58. The summed E-state index contributed by atoms with van der Waals surface area (Å²) >= 11 is -0.418. The molecule has 2 nitrogen and oxygen atoms in total. The second kappa shape index (κ2) is 5.99. The van der Waals surface area contributed by atoms with E-state index in [-0.39, 0.29) is 0 Å². The number of rotatable bonds is 2. The van der Waals surface area contributed by atoms with Gasteiger partial charge in [0.15, 0.2) is 0 Å². The molecule has 0 N–H and O–H groups in total. The van der Waals surface area contributed by atoms with Gasteiger partial charge < -0.3 is 0 Å². The Morgan fingerprint density at radius 1 is 0.571 bits per heavy atom. The first kappa shape index (κ1) is 13.7. The zero-order chi connectivity index (χ0) is 14.7. The number of nitriles is 2. The average Bonchev–Trinajstić information content (AvgIpc) is 3.05. The molecule has 1 aromatic heterocycles. The minimum absolute atomic E-state index is 0.418. The van der Waals surface area contributed by atoms with Crippen LogP contribution in [0.5, 0.6) is 0 Å². The fourth-order valence-electron chi connectivity index (χ4n) is 2.07. The van der Waals surface area contributed by atoms with E-state index in [0.717, 1.165) is 0 Å². The molecule has 0 aliphatic rings. The van der Waals surface area contributed by atoms with Crippen LogP contribution in [0.3, 0.4) is 0 Å². The standard InChI is InChI=1S/C18H10N2Te/c19-11-13-1-5-15(6-2-13)17-9-10-18(21-17)16-7-3-14(12-20)4-8-16/h1-10H. The van der Waals surface area contributed by atoms with Crippen LogP contribution in [-0.4, -0.2) is 20.4 Å². The molecule has 0 unspecified atom stereocenters. The van der Waals surface area contributed by atoms with Crippen molar-refractivity contribution in [3.8, 4) is 30.4 Å². The molecule has 3 heteroatoms. The van der Waals surface area contributed by atoms with Crippen molar-refractivity contribution in [2.24, 2.45) is 0 Å². The van der Waals surface area contributed by atoms with Crippen LogP contribution in [0, 0.1) is 22.7 Å². The predicted octanol–water partition coefficient (Wildman–Crippen LogP) is 3.82. The Hall–Kier alpha value is -2.31. The molecule has 98 valence electrons. The summed E-state index contributed by atoms with van der Waals surface area (Å²) in [6.07, 6.45) is 0. The van der Waals surface area contributed by atoms with Crippen molar-refractivity contribution in [3.63, 3.8) is 0 Å². The van der Waals surface area contributed by atoms with Gasteiger partial charge in [0.25, 0.3) is 0 Å². The van der Waals surface area contributed by atoms with Crippen molar-refractivity contribution >= 4 is 20.4 Å². The van der Waals surface area contributed by atoms with E-state index in [2.05, 4.69) is 24.3 Å². The summed E-state index contributed by atoms with van der Waals surface area (Å²) in [6.45, 7) is 0. The molecule has 0 amide bonds. The molecule has 1 heterocycles. The van der Waals surface area contributed by atoms with Crippen molar-refractivity contribution in [1.29, 1.82) is 10.5 Å². The Morgan fingerprint density at radius 2 is 0.952 bits per heavy atom. The maximum absolute atomic E-state index is 8.84. The van der Waals surface area contributed by atoms with E-state index >= 15 is 0 Å². The van der Waals surface area contributed by atoms with Gasteiger partial charge in [0, 0.05) is 0 Å². The Kier molecular flexibility index (Phi) is 3.89. The van der Waals surface area contributed by atoms with E-state index in [1.165, 1.54) is 18.3 Å². The van der Waals surface area contributed by atoms with Gasteiger partial charge in [-0.1, -0.05) is 0 Å². The van der Waals surface area contributed by atoms with Crippen LogP contribution in [-0.2, 0) is 0 Å². The Labute approximate surface area is 133 Å². The number of hydrogen-bond acceptors (Lipinski definition) is 2. The molecule has 21 heavy (non-hydrogen) atoms. The van der Waals surface area contributed by atoms with Gasteiger partial charge in [-0.3, -0.25) is 0 Å². The molecule has 0 saturated heterocycles. The SMILES string of the molecule is N#Cc1ccc(-c2ccc(-c3ccc(C#N)cc3)[te]2)cc1. The predicted molar refractivity (Wildman–Crippen MR) is 83.7 cm³/mol. The molecule has 0 atom stereocenters. The topological polar surface area (TPSA) is 47.6 Å². The van der Waals surface area contributed by atoms with Gasteiger partial charge in [0.05, 0.1) is 0 Å². The average molecular weight is 382 g/mol. The van der Waals surface area contributed by atoms with Crippen molar-refractivity contribution in [2.75, 3.05) is 0 Å². The molecule has 2 aromatic carbocycles. The first-order valence-corrected chi connectivity index (χ1v) is 8.74. The summed E-state index contributed by atoms with van der Waals surface area (Å²) in [7, 11) is 0. The summed E-state index contributed by atoms with van der Waals surface area (Å²) in [5.74, 6) is 0. The summed E-state index contributed by atoms with van der Waals surface area (Å²) in [5.41, 5.74) is 3.80. The Morgan fingerprint density at radius 3 is 1.29 bits per heavy atom. The van der Waals surface area contributed by atoms with E-state index < -0.39 is 20.4 Å². The van der Waals surface area contributed by atoms with Gasteiger partial charge in [-0.2, -0.15) is 0 Å². The van der Waals surface area contributed by atoms with Crippen LogP contribution >= 0.6 is 0 Å². The summed E-state index contributed by atoms with van der Waals surface area (Å²) in [5, 5.41) is 17.7. The molecule has 0 spiro atoms. The number of hydrogen-bond donors (Lipinski definition) is 0. The zero-order valence-electron chi connectivity index (χ0n) is 11.1. The molecule has 3 aromatic rings. The molecule has 0 saturated carbocycles. The van der Waals surface area contributed by atoms with Crippen LogP contribution < -0.4 is 0 Å². The number of benzene rings is 2. The van der Waals surface area contributed by atoms with E-state index in [1.54, 1.807) is 0 Å². The second-order valence-corrected chi connectivity index (χ2v) is 7.64. The van der Waals surface area contributed by atoms with Gasteiger partial charge in [0.1, 0.15) is 0 Å².